The average Bonchev–Trinajstić information content (AvgIpc) is 3.11. The van der Waals surface area contributed by atoms with E-state index in [1.54, 1.807) is 6.92 Å². The Kier molecular flexibility index (Phi) is 3.85. The molecule has 0 unspecified atom stereocenters. The largest absolute Gasteiger partial charge is 0.434 e. The summed E-state index contributed by atoms with van der Waals surface area (Å²) in [6.45, 7) is 1.63. The predicted octanol–water partition coefficient (Wildman–Crippen LogP) is 3.16. The van der Waals surface area contributed by atoms with Crippen molar-refractivity contribution in [1.29, 1.82) is 0 Å². The summed E-state index contributed by atoms with van der Waals surface area (Å²) in [6, 6.07) is 18.8. The van der Waals surface area contributed by atoms with Gasteiger partial charge in [-0.1, -0.05) is 48.5 Å². The van der Waals surface area contributed by atoms with Crippen molar-refractivity contribution in [1.82, 2.24) is 14.5 Å². The van der Waals surface area contributed by atoms with Crippen LogP contribution in [0.15, 0.2) is 80.9 Å². The second-order valence-electron chi connectivity index (χ2n) is 5.85. The van der Waals surface area contributed by atoms with E-state index in [-0.39, 0.29) is 0 Å². The smallest absolute Gasteiger partial charge is 0.334 e. The van der Waals surface area contributed by atoms with Gasteiger partial charge in [-0.2, -0.15) is 4.98 Å². The molecular weight excluding hydrogens is 330 g/mol. The molecule has 0 bridgehead atoms. The summed E-state index contributed by atoms with van der Waals surface area (Å²) >= 11 is 0. The van der Waals surface area contributed by atoms with E-state index >= 15 is 0 Å². The standard InChI is InChI=1S/C20H15N3O3/c1-13-12-23(20(25)22-18(13)24)17-16(14-8-4-2-5-9-14)26-19(21-17)15-10-6-3-7-11-15/h2-12H,1H3,(H,22,24,25). The van der Waals surface area contributed by atoms with Crippen LogP contribution in [-0.4, -0.2) is 14.5 Å². The van der Waals surface area contributed by atoms with Gasteiger partial charge >= 0.3 is 5.69 Å². The summed E-state index contributed by atoms with van der Waals surface area (Å²) in [4.78, 5) is 30.9. The Labute approximate surface area is 148 Å². The Hall–Kier alpha value is -3.67. The highest BCUT2D eigenvalue weighted by Gasteiger charge is 2.19. The molecule has 0 amide bonds. The lowest BCUT2D eigenvalue weighted by Crippen LogP contribution is -2.30. The zero-order valence-corrected chi connectivity index (χ0v) is 14.0. The number of rotatable bonds is 3. The zero-order chi connectivity index (χ0) is 18.1. The second kappa shape index (κ2) is 6.33. The molecule has 6 nitrogen and oxygen atoms in total. The fourth-order valence-corrected chi connectivity index (χ4v) is 2.68. The average molecular weight is 345 g/mol. The van der Waals surface area contributed by atoms with Gasteiger partial charge in [0.2, 0.25) is 5.89 Å². The number of benzene rings is 2. The summed E-state index contributed by atoms with van der Waals surface area (Å²) in [5, 5.41) is 0. The lowest BCUT2D eigenvalue weighted by atomic mass is 10.2. The van der Waals surface area contributed by atoms with Crippen LogP contribution in [0, 0.1) is 6.92 Å². The quantitative estimate of drug-likeness (QED) is 0.618. The Bertz CT molecular complexity index is 1170. The molecule has 0 spiro atoms. The fraction of sp³-hybridized carbons (Fsp3) is 0.0500. The first-order chi connectivity index (χ1) is 12.6. The molecule has 0 fully saturated rings. The van der Waals surface area contributed by atoms with Crippen LogP contribution in [0.2, 0.25) is 0 Å². The molecule has 6 heteroatoms. The van der Waals surface area contributed by atoms with Crippen LogP contribution in [0.4, 0.5) is 0 Å². The van der Waals surface area contributed by atoms with Crippen LogP contribution >= 0.6 is 0 Å². The van der Waals surface area contributed by atoms with Gasteiger partial charge in [0.05, 0.1) is 0 Å². The van der Waals surface area contributed by atoms with Crippen LogP contribution in [0.3, 0.4) is 0 Å². The van der Waals surface area contributed by atoms with Gasteiger partial charge in [0.1, 0.15) is 0 Å². The highest BCUT2D eigenvalue weighted by atomic mass is 16.4. The summed E-state index contributed by atoms with van der Waals surface area (Å²) in [6.07, 6.45) is 1.47. The van der Waals surface area contributed by atoms with Gasteiger partial charge < -0.3 is 4.42 Å². The number of nitrogens with zero attached hydrogens (tertiary/aromatic N) is 2. The van der Waals surface area contributed by atoms with Gasteiger partial charge in [-0.3, -0.25) is 9.78 Å². The minimum absolute atomic E-state index is 0.333. The molecular formula is C20H15N3O3. The topological polar surface area (TPSA) is 80.9 Å². The van der Waals surface area contributed by atoms with Crippen LogP contribution in [-0.2, 0) is 0 Å². The van der Waals surface area contributed by atoms with E-state index in [0.29, 0.717) is 23.0 Å². The lowest BCUT2D eigenvalue weighted by Gasteiger charge is -2.04. The van der Waals surface area contributed by atoms with Crippen molar-refractivity contribution < 1.29 is 4.42 Å². The van der Waals surface area contributed by atoms with Crippen molar-refractivity contribution >= 4 is 0 Å². The number of oxazole rings is 1. The number of nitrogens with one attached hydrogen (secondary N) is 1. The lowest BCUT2D eigenvalue weighted by molar-refractivity contribution is 0.588. The van der Waals surface area contributed by atoms with Gasteiger partial charge in [-0.05, 0) is 19.1 Å². The number of aromatic amines is 1. The molecule has 1 N–H and O–H groups in total. The monoisotopic (exact) mass is 345 g/mol. The van der Waals surface area contributed by atoms with E-state index in [0.717, 1.165) is 11.1 Å². The minimum Gasteiger partial charge on any atom is -0.434 e. The molecule has 0 atom stereocenters. The molecule has 0 aliphatic carbocycles. The third-order valence-corrected chi connectivity index (χ3v) is 4.01. The van der Waals surface area contributed by atoms with Gasteiger partial charge in [0.15, 0.2) is 11.6 Å². The van der Waals surface area contributed by atoms with Gasteiger partial charge in [-0.25, -0.2) is 9.36 Å². The van der Waals surface area contributed by atoms with E-state index in [1.165, 1.54) is 10.8 Å². The minimum atomic E-state index is -0.564. The molecule has 0 aliphatic heterocycles. The van der Waals surface area contributed by atoms with Crippen molar-refractivity contribution in [3.8, 4) is 28.6 Å². The van der Waals surface area contributed by atoms with Gasteiger partial charge in [0.25, 0.3) is 5.56 Å². The van der Waals surface area contributed by atoms with E-state index in [1.807, 2.05) is 60.7 Å². The maximum atomic E-state index is 12.3. The van der Waals surface area contributed by atoms with Crippen LogP contribution in [0.1, 0.15) is 5.56 Å². The number of H-pyrrole nitrogens is 1. The Morgan fingerprint density at radius 3 is 2.19 bits per heavy atom. The maximum Gasteiger partial charge on any atom is 0.334 e. The Morgan fingerprint density at radius 2 is 1.54 bits per heavy atom. The molecule has 2 heterocycles. The highest BCUT2D eigenvalue weighted by Crippen LogP contribution is 2.31. The first-order valence-electron chi connectivity index (χ1n) is 8.08. The third-order valence-electron chi connectivity index (χ3n) is 4.01. The van der Waals surface area contributed by atoms with E-state index in [4.69, 9.17) is 4.42 Å². The summed E-state index contributed by atoms with van der Waals surface area (Å²) in [5.74, 6) is 1.19. The number of hydrogen-bond acceptors (Lipinski definition) is 4. The van der Waals surface area contributed by atoms with Gasteiger partial charge in [0, 0.05) is 22.9 Å². The van der Waals surface area contributed by atoms with Gasteiger partial charge in [-0.15, -0.1) is 0 Å². The highest BCUT2D eigenvalue weighted by molar-refractivity contribution is 5.68. The van der Waals surface area contributed by atoms with Crippen LogP contribution < -0.4 is 11.2 Å². The first-order valence-corrected chi connectivity index (χ1v) is 8.08. The molecule has 0 saturated carbocycles. The molecule has 4 rings (SSSR count). The van der Waals surface area contributed by atoms with Crippen molar-refractivity contribution in [3.05, 3.63) is 93.3 Å². The zero-order valence-electron chi connectivity index (χ0n) is 14.0. The summed E-state index contributed by atoms with van der Waals surface area (Å²) in [5.41, 5.74) is 1.01. The normalized spacial score (nSPS) is 10.8. The number of hydrogen-bond donors (Lipinski definition) is 1. The van der Waals surface area contributed by atoms with E-state index < -0.39 is 11.2 Å². The van der Waals surface area contributed by atoms with Crippen molar-refractivity contribution in [2.45, 2.75) is 6.92 Å². The molecule has 0 radical (unpaired) electrons. The SMILES string of the molecule is Cc1cn(-c2nc(-c3ccccc3)oc2-c2ccccc2)c(=O)[nH]c1=O. The van der Waals surface area contributed by atoms with Crippen LogP contribution in [0.25, 0.3) is 28.6 Å². The number of aromatic nitrogens is 3. The Balaban J connectivity index is 1.99. The Morgan fingerprint density at radius 1 is 0.923 bits per heavy atom. The molecule has 2 aromatic carbocycles. The summed E-state index contributed by atoms with van der Waals surface area (Å²) < 4.78 is 7.30. The molecule has 128 valence electrons. The molecule has 0 saturated heterocycles. The summed E-state index contributed by atoms with van der Waals surface area (Å²) in [7, 11) is 0. The molecule has 4 aromatic rings. The van der Waals surface area contributed by atoms with E-state index in [2.05, 4.69) is 9.97 Å². The van der Waals surface area contributed by atoms with E-state index in [9.17, 15) is 9.59 Å². The fourth-order valence-electron chi connectivity index (χ4n) is 2.68. The van der Waals surface area contributed by atoms with Crippen molar-refractivity contribution in [2.75, 3.05) is 0 Å². The molecule has 26 heavy (non-hydrogen) atoms. The molecule has 2 aromatic heterocycles. The second-order valence-corrected chi connectivity index (χ2v) is 5.85. The van der Waals surface area contributed by atoms with Crippen molar-refractivity contribution in [2.24, 2.45) is 0 Å². The van der Waals surface area contributed by atoms with Crippen molar-refractivity contribution in [3.63, 3.8) is 0 Å². The van der Waals surface area contributed by atoms with Crippen LogP contribution in [0.5, 0.6) is 0 Å². The first kappa shape index (κ1) is 15.8. The third kappa shape index (κ3) is 2.77. The molecule has 0 aliphatic rings. The number of aryl methyl sites for hydroxylation is 1. The maximum absolute atomic E-state index is 12.3. The predicted molar refractivity (Wildman–Crippen MR) is 98.3 cm³/mol.